The van der Waals surface area contributed by atoms with E-state index in [2.05, 4.69) is 18.4 Å². The van der Waals surface area contributed by atoms with E-state index in [9.17, 15) is 4.79 Å². The van der Waals surface area contributed by atoms with Crippen molar-refractivity contribution in [2.75, 3.05) is 12.0 Å². The first-order valence-corrected chi connectivity index (χ1v) is 7.28. The summed E-state index contributed by atoms with van der Waals surface area (Å²) < 4.78 is 0. The van der Waals surface area contributed by atoms with Crippen LogP contribution >= 0.6 is 10.0 Å². The van der Waals surface area contributed by atoms with Crippen molar-refractivity contribution in [1.82, 2.24) is 0 Å². The van der Waals surface area contributed by atoms with Crippen LogP contribution in [0, 0.1) is 0 Å². The van der Waals surface area contributed by atoms with Gasteiger partial charge in [0.2, 0.25) is 0 Å². The molecule has 1 heterocycles. The number of rotatable bonds is 1. The standard InChI is InChI=1S/C12H16OS/c1-14(10-6-5-9-12(14)13)11-7-3-2-4-8-11/h2-4,7-8H,5-6,9-10H2,1H3. The van der Waals surface area contributed by atoms with Crippen molar-refractivity contribution in [2.45, 2.75) is 24.2 Å². The molecule has 1 saturated heterocycles. The van der Waals surface area contributed by atoms with E-state index < -0.39 is 10.0 Å². The van der Waals surface area contributed by atoms with Crippen LogP contribution in [0.15, 0.2) is 35.2 Å². The fourth-order valence-electron chi connectivity index (χ4n) is 1.97. The summed E-state index contributed by atoms with van der Waals surface area (Å²) in [6.07, 6.45) is 5.27. The lowest BCUT2D eigenvalue weighted by Gasteiger charge is -2.37. The molecule has 1 aliphatic heterocycles. The van der Waals surface area contributed by atoms with Crippen LogP contribution in [0.1, 0.15) is 19.3 Å². The molecule has 1 nitrogen and oxygen atoms in total. The van der Waals surface area contributed by atoms with Gasteiger partial charge in [-0.05, 0) is 41.9 Å². The monoisotopic (exact) mass is 208 g/mol. The van der Waals surface area contributed by atoms with E-state index in [1.54, 1.807) is 0 Å². The van der Waals surface area contributed by atoms with E-state index in [-0.39, 0.29) is 0 Å². The molecule has 0 saturated carbocycles. The van der Waals surface area contributed by atoms with Crippen molar-refractivity contribution < 1.29 is 4.79 Å². The van der Waals surface area contributed by atoms with E-state index in [1.807, 2.05) is 18.2 Å². The topological polar surface area (TPSA) is 17.1 Å². The SMILES string of the molecule is CS1(c2ccccc2)CCCCC1=O. The van der Waals surface area contributed by atoms with E-state index in [1.165, 1.54) is 11.3 Å². The second-order valence-corrected chi connectivity index (χ2v) is 7.44. The summed E-state index contributed by atoms with van der Waals surface area (Å²) >= 11 is 0. The minimum absolute atomic E-state index is 0.495. The molecular weight excluding hydrogens is 192 g/mol. The Morgan fingerprint density at radius 1 is 1.14 bits per heavy atom. The number of carbonyl (C=O) groups excluding carboxylic acids is 1. The van der Waals surface area contributed by atoms with Gasteiger partial charge >= 0.3 is 0 Å². The first kappa shape index (κ1) is 9.78. The van der Waals surface area contributed by atoms with E-state index in [0.717, 1.165) is 18.6 Å². The summed E-state index contributed by atoms with van der Waals surface area (Å²) in [6, 6.07) is 10.3. The molecule has 1 fully saturated rings. The molecule has 2 heteroatoms. The Morgan fingerprint density at radius 3 is 2.50 bits per heavy atom. The zero-order valence-electron chi connectivity index (χ0n) is 8.53. The average molecular weight is 208 g/mol. The van der Waals surface area contributed by atoms with Crippen molar-refractivity contribution >= 4 is 15.1 Å². The molecule has 1 aliphatic rings. The summed E-state index contributed by atoms with van der Waals surface area (Å²) in [5.41, 5.74) is 0. The zero-order chi connectivity index (χ0) is 10.0. The molecule has 1 unspecified atom stereocenters. The van der Waals surface area contributed by atoms with Crippen molar-refractivity contribution in [2.24, 2.45) is 0 Å². The summed E-state index contributed by atoms with van der Waals surface area (Å²) in [7, 11) is -1.14. The smallest absolute Gasteiger partial charge is 0.175 e. The number of carbonyl (C=O) groups is 1. The predicted molar refractivity (Wildman–Crippen MR) is 61.9 cm³/mol. The highest BCUT2D eigenvalue weighted by Crippen LogP contribution is 2.56. The van der Waals surface area contributed by atoms with Gasteiger partial charge < -0.3 is 0 Å². The van der Waals surface area contributed by atoms with E-state index in [4.69, 9.17) is 0 Å². The molecule has 0 bridgehead atoms. The fraction of sp³-hybridized carbons (Fsp3) is 0.417. The van der Waals surface area contributed by atoms with Gasteiger partial charge in [0.15, 0.2) is 5.12 Å². The third kappa shape index (κ3) is 1.59. The third-order valence-electron chi connectivity index (χ3n) is 2.95. The number of hydrogen-bond donors (Lipinski definition) is 0. The maximum Gasteiger partial charge on any atom is 0.175 e. The second-order valence-electron chi connectivity index (χ2n) is 3.93. The molecule has 0 N–H and O–H groups in total. The maximum atomic E-state index is 12.0. The highest BCUT2D eigenvalue weighted by molar-refractivity contribution is 8.44. The highest BCUT2D eigenvalue weighted by Gasteiger charge is 2.31. The summed E-state index contributed by atoms with van der Waals surface area (Å²) in [5.74, 6) is 1.09. The van der Waals surface area contributed by atoms with Crippen LogP contribution in [0.25, 0.3) is 0 Å². The summed E-state index contributed by atoms with van der Waals surface area (Å²) in [4.78, 5) is 13.2. The Morgan fingerprint density at radius 2 is 1.86 bits per heavy atom. The van der Waals surface area contributed by atoms with Crippen LogP contribution in [0.2, 0.25) is 0 Å². The van der Waals surface area contributed by atoms with Gasteiger partial charge in [-0.15, -0.1) is 0 Å². The van der Waals surface area contributed by atoms with Gasteiger partial charge in [-0.3, -0.25) is 4.79 Å². The first-order valence-electron chi connectivity index (χ1n) is 5.07. The van der Waals surface area contributed by atoms with Gasteiger partial charge in [0.1, 0.15) is 0 Å². The van der Waals surface area contributed by atoms with Crippen LogP contribution in [-0.2, 0) is 4.79 Å². The van der Waals surface area contributed by atoms with Crippen LogP contribution in [0.3, 0.4) is 0 Å². The minimum Gasteiger partial charge on any atom is -0.289 e. The fourth-order valence-corrected chi connectivity index (χ4v) is 4.83. The molecule has 2 rings (SSSR count). The van der Waals surface area contributed by atoms with E-state index >= 15 is 0 Å². The number of benzene rings is 1. The molecule has 1 aromatic rings. The molecule has 0 aliphatic carbocycles. The number of hydrogen-bond acceptors (Lipinski definition) is 1. The van der Waals surface area contributed by atoms with Crippen LogP contribution in [-0.4, -0.2) is 17.1 Å². The Hall–Kier alpha value is -0.760. The van der Waals surface area contributed by atoms with E-state index in [0.29, 0.717) is 5.12 Å². The van der Waals surface area contributed by atoms with Crippen molar-refractivity contribution in [3.8, 4) is 0 Å². The Labute approximate surface area is 86.8 Å². The molecule has 1 atom stereocenters. The van der Waals surface area contributed by atoms with Gasteiger partial charge in [-0.2, -0.15) is 10.0 Å². The maximum absolute atomic E-state index is 12.0. The minimum atomic E-state index is -1.14. The van der Waals surface area contributed by atoms with Crippen LogP contribution < -0.4 is 0 Å². The molecule has 0 amide bonds. The molecule has 76 valence electrons. The zero-order valence-corrected chi connectivity index (χ0v) is 9.35. The Kier molecular flexibility index (Phi) is 2.64. The molecule has 0 spiro atoms. The van der Waals surface area contributed by atoms with Gasteiger partial charge in [0, 0.05) is 6.42 Å². The normalized spacial score (nSPS) is 32.2. The van der Waals surface area contributed by atoms with Gasteiger partial charge in [-0.1, -0.05) is 18.2 Å². The van der Waals surface area contributed by atoms with Gasteiger partial charge in [-0.25, -0.2) is 0 Å². The first-order chi connectivity index (χ1) is 6.73. The molecule has 14 heavy (non-hydrogen) atoms. The van der Waals surface area contributed by atoms with Gasteiger partial charge in [0.25, 0.3) is 0 Å². The Balaban J connectivity index is 2.35. The lowest BCUT2D eigenvalue weighted by atomic mass is 10.3. The van der Waals surface area contributed by atoms with Crippen LogP contribution in [0.4, 0.5) is 0 Å². The Bertz CT molecular complexity index is 333. The largest absolute Gasteiger partial charge is 0.289 e. The lowest BCUT2D eigenvalue weighted by Crippen LogP contribution is -2.19. The van der Waals surface area contributed by atoms with Crippen molar-refractivity contribution in [3.63, 3.8) is 0 Å². The molecular formula is C12H16OS. The third-order valence-corrected chi connectivity index (χ3v) is 6.58. The van der Waals surface area contributed by atoms with Crippen molar-refractivity contribution in [3.05, 3.63) is 30.3 Å². The molecule has 1 aromatic carbocycles. The predicted octanol–water partition coefficient (Wildman–Crippen LogP) is 3.19. The van der Waals surface area contributed by atoms with Crippen molar-refractivity contribution in [1.29, 1.82) is 0 Å². The van der Waals surface area contributed by atoms with Crippen LogP contribution in [0.5, 0.6) is 0 Å². The second kappa shape index (κ2) is 3.77. The van der Waals surface area contributed by atoms with Gasteiger partial charge in [0.05, 0.1) is 0 Å². The quantitative estimate of drug-likeness (QED) is 0.692. The molecule has 0 aromatic heterocycles. The summed E-state index contributed by atoms with van der Waals surface area (Å²) in [6.45, 7) is 0. The molecule has 0 radical (unpaired) electrons. The highest BCUT2D eigenvalue weighted by atomic mass is 32.3. The lowest BCUT2D eigenvalue weighted by molar-refractivity contribution is -0.111. The summed E-state index contributed by atoms with van der Waals surface area (Å²) in [5, 5.41) is 0.495. The average Bonchev–Trinajstić information content (AvgIpc) is 2.24.